The van der Waals surface area contributed by atoms with Gasteiger partial charge in [0.05, 0.1) is 5.52 Å². The summed E-state index contributed by atoms with van der Waals surface area (Å²) in [5, 5.41) is 11.7. The molecule has 2 heterocycles. The van der Waals surface area contributed by atoms with Gasteiger partial charge in [0.1, 0.15) is 22.6 Å². The zero-order valence-corrected chi connectivity index (χ0v) is 20.0. The second kappa shape index (κ2) is 9.64. The zero-order chi connectivity index (χ0) is 24.5. The Kier molecular flexibility index (Phi) is 6.40. The molecule has 1 amide bonds. The molecule has 8 heteroatoms. The van der Waals surface area contributed by atoms with Crippen LogP contribution in [-0.2, 0) is 15.7 Å². The number of aromatic nitrogens is 1. The van der Waals surface area contributed by atoms with Gasteiger partial charge in [-0.3, -0.25) is 9.52 Å². The Morgan fingerprint density at radius 1 is 1.06 bits per heavy atom. The summed E-state index contributed by atoms with van der Waals surface area (Å²) < 4.78 is 35.3. The topological polar surface area (TPSA) is 80.6 Å². The molecule has 1 atom stereocenters. The van der Waals surface area contributed by atoms with Gasteiger partial charge in [-0.1, -0.05) is 18.2 Å². The van der Waals surface area contributed by atoms with E-state index < -0.39 is 16.9 Å². The van der Waals surface area contributed by atoms with Crippen LogP contribution in [0.25, 0.3) is 27.7 Å². The van der Waals surface area contributed by atoms with Crippen LogP contribution in [0, 0.1) is 5.82 Å². The number of hydrogen-bond donors (Lipinski definition) is 2. The number of aromatic hydroxyl groups is 1. The quantitative estimate of drug-likeness (QED) is 0.408. The number of rotatable bonds is 5. The number of hydrogen-bond acceptors (Lipinski definition) is 4. The summed E-state index contributed by atoms with van der Waals surface area (Å²) in [5.41, 5.74) is 4.74. The largest absolute Gasteiger partial charge is 0.507 e. The summed E-state index contributed by atoms with van der Waals surface area (Å²) in [7, 11) is -1.46. The van der Waals surface area contributed by atoms with E-state index in [-0.39, 0.29) is 17.5 Å². The molecule has 4 aromatic rings. The van der Waals surface area contributed by atoms with E-state index in [1.54, 1.807) is 36.4 Å². The fourth-order valence-electron chi connectivity index (χ4n) is 4.84. The third-order valence-corrected chi connectivity index (χ3v) is 6.85. The van der Waals surface area contributed by atoms with Crippen LogP contribution in [-0.4, -0.2) is 39.3 Å². The monoisotopic (exact) mass is 492 g/mol. The molecule has 0 bridgehead atoms. The first-order valence-corrected chi connectivity index (χ1v) is 12.9. The van der Waals surface area contributed by atoms with Gasteiger partial charge in [0, 0.05) is 53.3 Å². The average molecular weight is 493 g/mol. The highest BCUT2D eigenvalue weighted by molar-refractivity contribution is 7.82. The zero-order valence-electron chi connectivity index (χ0n) is 19.2. The molecule has 0 spiro atoms. The third kappa shape index (κ3) is 4.47. The standard InChI is InChI=1S/C27H25FN2O4S/c1-35(33)29-27(32)19-7-5-17(6-8-19)24-25-22(3-2-4-23(25)31)30(21-11-9-20(28)10-12-21)26(24)18-13-15-34-16-14-18/h2-12,18,31H,13-16H2,1H3,(H,29,32). The van der Waals surface area contributed by atoms with Crippen molar-refractivity contribution in [2.75, 3.05) is 19.5 Å². The molecule has 0 radical (unpaired) electrons. The highest BCUT2D eigenvalue weighted by Gasteiger charge is 2.29. The van der Waals surface area contributed by atoms with Crippen molar-refractivity contribution < 1.29 is 23.2 Å². The predicted molar refractivity (Wildman–Crippen MR) is 135 cm³/mol. The van der Waals surface area contributed by atoms with Crippen LogP contribution in [0.15, 0.2) is 66.7 Å². The lowest BCUT2D eigenvalue weighted by molar-refractivity contribution is 0.0843. The molecule has 1 saturated heterocycles. The van der Waals surface area contributed by atoms with Crippen molar-refractivity contribution in [1.82, 2.24) is 9.29 Å². The first-order valence-electron chi connectivity index (χ1n) is 11.4. The lowest BCUT2D eigenvalue weighted by Crippen LogP contribution is -2.24. The van der Waals surface area contributed by atoms with Crippen molar-refractivity contribution in [1.29, 1.82) is 0 Å². The molecular formula is C27H25FN2O4S. The van der Waals surface area contributed by atoms with Gasteiger partial charge in [0.25, 0.3) is 5.91 Å². The van der Waals surface area contributed by atoms with Gasteiger partial charge in [-0.2, -0.15) is 0 Å². The summed E-state index contributed by atoms with van der Waals surface area (Å²) in [6.07, 6.45) is 3.03. The van der Waals surface area contributed by atoms with Crippen LogP contribution in [0.1, 0.15) is 34.8 Å². The van der Waals surface area contributed by atoms with E-state index in [0.717, 1.165) is 40.9 Å². The number of carbonyl (C=O) groups excluding carboxylic acids is 1. The minimum absolute atomic E-state index is 0.148. The van der Waals surface area contributed by atoms with Crippen molar-refractivity contribution in [3.8, 4) is 22.6 Å². The lowest BCUT2D eigenvalue weighted by atomic mass is 9.89. The molecule has 1 fully saturated rings. The van der Waals surface area contributed by atoms with E-state index in [4.69, 9.17) is 4.74 Å². The van der Waals surface area contributed by atoms with E-state index in [1.807, 2.05) is 18.2 Å². The minimum atomic E-state index is -1.46. The van der Waals surface area contributed by atoms with Crippen LogP contribution < -0.4 is 4.72 Å². The molecule has 0 saturated carbocycles. The first-order chi connectivity index (χ1) is 16.9. The number of nitrogens with zero attached hydrogens (tertiary/aromatic N) is 1. The number of ether oxygens (including phenoxy) is 1. The van der Waals surface area contributed by atoms with Gasteiger partial charge in [0.2, 0.25) is 0 Å². The number of phenolic OH excluding ortho intramolecular Hbond substituents is 1. The van der Waals surface area contributed by atoms with Gasteiger partial charge in [-0.15, -0.1) is 0 Å². The van der Waals surface area contributed by atoms with Crippen molar-refractivity contribution in [3.63, 3.8) is 0 Å². The summed E-state index contributed by atoms with van der Waals surface area (Å²) in [6, 6.07) is 18.8. The number of benzene rings is 3. The van der Waals surface area contributed by atoms with Crippen LogP contribution in [0.5, 0.6) is 5.75 Å². The van der Waals surface area contributed by atoms with Crippen LogP contribution in [0.4, 0.5) is 4.39 Å². The summed E-state index contributed by atoms with van der Waals surface area (Å²) in [5.74, 6) is -0.433. The Morgan fingerprint density at radius 2 is 1.74 bits per heavy atom. The van der Waals surface area contributed by atoms with Gasteiger partial charge in [-0.25, -0.2) is 8.60 Å². The SMILES string of the molecule is CS(=O)NC(=O)c1ccc(-c2c(C3CCOCC3)n(-c3ccc(F)cc3)c3cccc(O)c23)cc1. The lowest BCUT2D eigenvalue weighted by Gasteiger charge is -2.26. The van der Waals surface area contributed by atoms with Crippen molar-refractivity contribution in [2.24, 2.45) is 0 Å². The Labute approximate surface area is 204 Å². The second-order valence-corrected chi connectivity index (χ2v) is 9.71. The van der Waals surface area contributed by atoms with Crippen molar-refractivity contribution in [2.45, 2.75) is 18.8 Å². The number of phenols is 1. The molecule has 6 nitrogen and oxygen atoms in total. The predicted octanol–water partition coefficient (Wildman–Crippen LogP) is 5.06. The number of fused-ring (bicyclic) bond motifs is 1. The summed E-state index contributed by atoms with van der Waals surface area (Å²) in [4.78, 5) is 12.3. The van der Waals surface area contributed by atoms with E-state index >= 15 is 0 Å². The fourth-order valence-corrected chi connectivity index (χ4v) is 5.22. The van der Waals surface area contributed by atoms with E-state index in [9.17, 15) is 18.5 Å². The van der Waals surface area contributed by atoms with Crippen molar-refractivity contribution in [3.05, 3.63) is 83.8 Å². The molecule has 1 aromatic heterocycles. The highest BCUT2D eigenvalue weighted by Crippen LogP contribution is 2.46. The Bertz CT molecular complexity index is 1410. The third-order valence-electron chi connectivity index (χ3n) is 6.37. The highest BCUT2D eigenvalue weighted by atomic mass is 32.2. The van der Waals surface area contributed by atoms with Gasteiger partial charge in [0.15, 0.2) is 0 Å². The minimum Gasteiger partial charge on any atom is -0.507 e. The smallest absolute Gasteiger partial charge is 0.262 e. The van der Waals surface area contributed by atoms with Crippen LogP contribution in [0.3, 0.4) is 0 Å². The number of nitrogens with one attached hydrogen (secondary N) is 1. The fraction of sp³-hybridized carbons (Fsp3) is 0.222. The molecule has 180 valence electrons. The van der Waals surface area contributed by atoms with Crippen LogP contribution >= 0.6 is 0 Å². The maximum Gasteiger partial charge on any atom is 0.262 e. The number of halogens is 1. The molecule has 1 aliphatic heterocycles. The normalized spacial score (nSPS) is 15.3. The molecule has 3 aromatic carbocycles. The van der Waals surface area contributed by atoms with E-state index in [0.29, 0.717) is 24.2 Å². The van der Waals surface area contributed by atoms with Gasteiger partial charge >= 0.3 is 0 Å². The maximum absolute atomic E-state index is 13.8. The Balaban J connectivity index is 1.76. The number of carbonyl (C=O) groups is 1. The van der Waals surface area contributed by atoms with E-state index in [1.165, 1.54) is 18.4 Å². The molecule has 1 unspecified atom stereocenters. The average Bonchev–Trinajstić information content (AvgIpc) is 3.21. The van der Waals surface area contributed by atoms with Gasteiger partial charge < -0.3 is 14.4 Å². The van der Waals surface area contributed by atoms with Gasteiger partial charge in [-0.05, 0) is 66.9 Å². The maximum atomic E-state index is 13.8. The molecule has 1 aliphatic rings. The Hall–Kier alpha value is -3.49. The first kappa shape index (κ1) is 23.3. The summed E-state index contributed by atoms with van der Waals surface area (Å²) in [6.45, 7) is 1.27. The Morgan fingerprint density at radius 3 is 2.40 bits per heavy atom. The number of amides is 1. The summed E-state index contributed by atoms with van der Waals surface area (Å²) >= 11 is 0. The second-order valence-electron chi connectivity index (χ2n) is 8.59. The van der Waals surface area contributed by atoms with Crippen molar-refractivity contribution >= 4 is 27.8 Å². The van der Waals surface area contributed by atoms with E-state index in [2.05, 4.69) is 9.29 Å². The molecule has 35 heavy (non-hydrogen) atoms. The molecule has 0 aliphatic carbocycles. The molecular weight excluding hydrogens is 467 g/mol. The molecule has 5 rings (SSSR count). The molecule has 2 N–H and O–H groups in total. The van der Waals surface area contributed by atoms with Crippen LogP contribution in [0.2, 0.25) is 0 Å².